The number of rotatable bonds is 5. The van der Waals surface area contributed by atoms with E-state index in [1.54, 1.807) is 4.90 Å². The van der Waals surface area contributed by atoms with Gasteiger partial charge in [0.2, 0.25) is 0 Å². The molecule has 1 saturated carbocycles. The number of nitrogen functional groups attached to an aromatic ring is 1. The lowest BCUT2D eigenvalue weighted by molar-refractivity contribution is 0.861. The summed E-state index contributed by atoms with van der Waals surface area (Å²) in [4.78, 5) is 10.5. The van der Waals surface area contributed by atoms with Gasteiger partial charge in [-0.15, -0.1) is 0 Å². The van der Waals surface area contributed by atoms with Crippen LogP contribution in [0.5, 0.6) is 0 Å². The Balaban J connectivity index is 2.44. The molecule has 1 aliphatic carbocycles. The minimum atomic E-state index is 0.111. The molecule has 0 aromatic carbocycles. The average molecular weight is 257 g/mol. The van der Waals surface area contributed by atoms with E-state index in [2.05, 4.69) is 15.4 Å². The maximum atomic E-state index is 8.85. The molecule has 1 heterocycles. The van der Waals surface area contributed by atoms with Gasteiger partial charge in [-0.1, -0.05) is 0 Å². The van der Waals surface area contributed by atoms with Crippen LogP contribution in [0.4, 0.5) is 11.6 Å². The smallest absolute Gasteiger partial charge is 0.148 e. The molecule has 1 aromatic heterocycles. The van der Waals surface area contributed by atoms with Crippen LogP contribution in [0.2, 0.25) is 0 Å². The SMILES string of the molecule is Cc1c(NN)nc(C2CC2)nc1N(CC#N)CC#N. The van der Waals surface area contributed by atoms with Crippen LogP contribution >= 0.6 is 0 Å². The third-order valence-corrected chi connectivity index (χ3v) is 3.04. The third-order valence-electron chi connectivity index (χ3n) is 3.04. The molecule has 0 spiro atoms. The van der Waals surface area contributed by atoms with Crippen LogP contribution < -0.4 is 16.2 Å². The largest absolute Gasteiger partial charge is 0.330 e. The van der Waals surface area contributed by atoms with E-state index in [9.17, 15) is 0 Å². The highest BCUT2D eigenvalue weighted by Gasteiger charge is 2.29. The Morgan fingerprint density at radius 3 is 2.42 bits per heavy atom. The standard InChI is InChI=1S/C12H15N7/c1-8-10(18-15)16-11(9-2-3-9)17-12(8)19(6-4-13)7-5-14/h9H,2-3,6-7,15H2,1H3,(H,16,17,18). The summed E-state index contributed by atoms with van der Waals surface area (Å²) in [5, 5.41) is 17.7. The Hall–Kier alpha value is -2.38. The zero-order valence-electron chi connectivity index (χ0n) is 10.7. The van der Waals surface area contributed by atoms with Crippen molar-refractivity contribution in [3.63, 3.8) is 0 Å². The topological polar surface area (TPSA) is 115 Å². The number of hydrazine groups is 1. The Morgan fingerprint density at radius 2 is 1.95 bits per heavy atom. The van der Waals surface area contributed by atoms with Crippen LogP contribution in [0.1, 0.15) is 30.1 Å². The average Bonchev–Trinajstić information content (AvgIpc) is 3.23. The summed E-state index contributed by atoms with van der Waals surface area (Å²) in [6.07, 6.45) is 2.14. The van der Waals surface area contributed by atoms with E-state index < -0.39 is 0 Å². The van der Waals surface area contributed by atoms with Gasteiger partial charge in [-0.05, 0) is 19.8 Å². The first-order valence-corrected chi connectivity index (χ1v) is 6.05. The molecule has 0 unspecified atom stereocenters. The Labute approximate surface area is 111 Å². The molecule has 0 aliphatic heterocycles. The molecule has 0 radical (unpaired) electrons. The predicted octanol–water partition coefficient (Wildman–Crippen LogP) is 0.802. The van der Waals surface area contributed by atoms with Gasteiger partial charge in [0.1, 0.15) is 30.5 Å². The highest BCUT2D eigenvalue weighted by Crippen LogP contribution is 2.39. The normalized spacial score (nSPS) is 13.5. The van der Waals surface area contributed by atoms with Crippen molar-refractivity contribution < 1.29 is 0 Å². The molecule has 98 valence electrons. The molecule has 7 nitrogen and oxygen atoms in total. The number of hydrogen-bond donors (Lipinski definition) is 2. The van der Waals surface area contributed by atoms with Gasteiger partial charge in [0.15, 0.2) is 0 Å². The van der Waals surface area contributed by atoms with Crippen molar-refractivity contribution in [3.05, 3.63) is 11.4 Å². The van der Waals surface area contributed by atoms with Gasteiger partial charge in [0.05, 0.1) is 12.1 Å². The van der Waals surface area contributed by atoms with Crippen molar-refractivity contribution in [2.24, 2.45) is 5.84 Å². The second kappa shape index (κ2) is 5.51. The number of nitrogens with one attached hydrogen (secondary N) is 1. The van der Waals surface area contributed by atoms with Crippen LogP contribution in [0.3, 0.4) is 0 Å². The zero-order valence-corrected chi connectivity index (χ0v) is 10.7. The number of nitrogens with zero attached hydrogens (tertiary/aromatic N) is 5. The minimum absolute atomic E-state index is 0.111. The van der Waals surface area contributed by atoms with Crippen molar-refractivity contribution in [2.45, 2.75) is 25.7 Å². The van der Waals surface area contributed by atoms with Crippen LogP contribution in [0.15, 0.2) is 0 Å². The number of hydrogen-bond acceptors (Lipinski definition) is 7. The maximum absolute atomic E-state index is 8.85. The lowest BCUT2D eigenvalue weighted by Gasteiger charge is -2.21. The molecule has 19 heavy (non-hydrogen) atoms. The first-order valence-electron chi connectivity index (χ1n) is 6.05. The molecule has 0 atom stereocenters. The number of aromatic nitrogens is 2. The second-order valence-electron chi connectivity index (χ2n) is 4.47. The lowest BCUT2D eigenvalue weighted by Crippen LogP contribution is -2.27. The fraction of sp³-hybridized carbons (Fsp3) is 0.500. The molecule has 1 fully saturated rings. The van der Waals surface area contributed by atoms with E-state index in [1.807, 2.05) is 19.1 Å². The van der Waals surface area contributed by atoms with E-state index in [1.165, 1.54) is 0 Å². The van der Waals surface area contributed by atoms with Gasteiger partial charge in [0, 0.05) is 11.5 Å². The van der Waals surface area contributed by atoms with Crippen molar-refractivity contribution in [1.29, 1.82) is 10.5 Å². The molecule has 3 N–H and O–H groups in total. The van der Waals surface area contributed by atoms with Crippen molar-refractivity contribution in [3.8, 4) is 12.1 Å². The monoisotopic (exact) mass is 257 g/mol. The minimum Gasteiger partial charge on any atom is -0.330 e. The van der Waals surface area contributed by atoms with Crippen molar-refractivity contribution >= 4 is 11.6 Å². The third kappa shape index (κ3) is 2.72. The lowest BCUT2D eigenvalue weighted by atomic mass is 10.2. The first-order chi connectivity index (χ1) is 9.21. The van der Waals surface area contributed by atoms with E-state index in [-0.39, 0.29) is 13.1 Å². The fourth-order valence-electron chi connectivity index (χ4n) is 1.87. The van der Waals surface area contributed by atoms with Gasteiger partial charge in [0.25, 0.3) is 0 Å². The Morgan fingerprint density at radius 1 is 1.32 bits per heavy atom. The summed E-state index contributed by atoms with van der Waals surface area (Å²) < 4.78 is 0. The molecule has 0 bridgehead atoms. The molecule has 0 amide bonds. The summed E-state index contributed by atoms with van der Waals surface area (Å²) >= 11 is 0. The molecule has 0 saturated heterocycles. The Kier molecular flexibility index (Phi) is 3.79. The van der Waals surface area contributed by atoms with E-state index >= 15 is 0 Å². The van der Waals surface area contributed by atoms with E-state index in [0.29, 0.717) is 17.6 Å². The number of nitriles is 2. The van der Waals surface area contributed by atoms with Crippen molar-refractivity contribution in [2.75, 3.05) is 23.4 Å². The van der Waals surface area contributed by atoms with Crippen LogP contribution in [-0.2, 0) is 0 Å². The molecule has 7 heteroatoms. The number of anilines is 2. The maximum Gasteiger partial charge on any atom is 0.148 e. The quantitative estimate of drug-likeness (QED) is 0.455. The van der Waals surface area contributed by atoms with Gasteiger partial charge in [-0.25, -0.2) is 15.8 Å². The summed E-state index contributed by atoms with van der Waals surface area (Å²) in [5.41, 5.74) is 3.30. The molecular formula is C12H15N7. The second-order valence-corrected chi connectivity index (χ2v) is 4.47. The van der Waals surface area contributed by atoms with Crippen LogP contribution in [-0.4, -0.2) is 23.1 Å². The van der Waals surface area contributed by atoms with Gasteiger partial charge in [-0.2, -0.15) is 10.5 Å². The first kappa shape index (κ1) is 13.1. The molecular weight excluding hydrogens is 242 g/mol. The number of nitrogens with two attached hydrogens (primary N) is 1. The highest BCUT2D eigenvalue weighted by molar-refractivity contribution is 5.59. The summed E-state index contributed by atoms with van der Waals surface area (Å²) in [6.45, 7) is 2.04. The van der Waals surface area contributed by atoms with Gasteiger partial charge in [-0.3, -0.25) is 0 Å². The molecule has 2 rings (SSSR count). The Bertz CT molecular complexity index is 534. The summed E-state index contributed by atoms with van der Waals surface area (Å²) in [5.74, 6) is 7.73. The molecule has 1 aromatic rings. The zero-order chi connectivity index (χ0) is 13.8. The van der Waals surface area contributed by atoms with E-state index in [4.69, 9.17) is 16.4 Å². The summed E-state index contributed by atoms with van der Waals surface area (Å²) in [7, 11) is 0. The van der Waals surface area contributed by atoms with Gasteiger partial charge < -0.3 is 10.3 Å². The van der Waals surface area contributed by atoms with Crippen LogP contribution in [0, 0.1) is 29.6 Å². The van der Waals surface area contributed by atoms with E-state index in [0.717, 1.165) is 24.2 Å². The van der Waals surface area contributed by atoms with Crippen molar-refractivity contribution in [1.82, 2.24) is 9.97 Å². The molecule has 1 aliphatic rings. The highest BCUT2D eigenvalue weighted by atomic mass is 15.3. The van der Waals surface area contributed by atoms with Crippen LogP contribution in [0.25, 0.3) is 0 Å². The van der Waals surface area contributed by atoms with Gasteiger partial charge >= 0.3 is 0 Å². The summed E-state index contributed by atoms with van der Waals surface area (Å²) in [6, 6.07) is 4.09. The predicted molar refractivity (Wildman–Crippen MR) is 70.0 cm³/mol. The fourth-order valence-corrected chi connectivity index (χ4v) is 1.87.